The Morgan fingerprint density at radius 1 is 1.03 bits per heavy atom. The Balaban J connectivity index is 1.50. The van der Waals surface area contributed by atoms with E-state index >= 15 is 0 Å². The molecule has 5 nitrogen and oxygen atoms in total. The lowest BCUT2D eigenvalue weighted by atomic mass is 10.1. The molecule has 5 heteroatoms. The SMILES string of the molecule is CCn1nccc1C(=O)/C=C/c1ccc(OC)c(COc2ccc3ccccc3c2)c1. The summed E-state index contributed by atoms with van der Waals surface area (Å²) in [5.74, 6) is 1.46. The largest absolute Gasteiger partial charge is 0.496 e. The number of rotatable bonds is 8. The van der Waals surface area contributed by atoms with Crippen molar-refractivity contribution in [2.24, 2.45) is 0 Å². The Morgan fingerprint density at radius 3 is 2.68 bits per heavy atom. The normalized spacial score (nSPS) is 11.2. The maximum absolute atomic E-state index is 12.5. The first kappa shape index (κ1) is 20.4. The number of aryl methyl sites for hydroxylation is 1. The number of carbonyl (C=O) groups excluding carboxylic acids is 1. The van der Waals surface area contributed by atoms with Gasteiger partial charge in [0.1, 0.15) is 23.8 Å². The molecule has 0 fully saturated rings. The first-order chi connectivity index (χ1) is 15.2. The zero-order chi connectivity index (χ0) is 21.6. The summed E-state index contributed by atoms with van der Waals surface area (Å²) in [4.78, 5) is 12.5. The molecule has 4 aromatic rings. The second-order valence-corrected chi connectivity index (χ2v) is 7.10. The average Bonchev–Trinajstić information content (AvgIpc) is 3.30. The van der Waals surface area contributed by atoms with Crippen molar-refractivity contribution < 1.29 is 14.3 Å². The van der Waals surface area contributed by atoms with Crippen LogP contribution in [-0.2, 0) is 13.2 Å². The van der Waals surface area contributed by atoms with Crippen molar-refractivity contribution in [2.45, 2.75) is 20.1 Å². The number of fused-ring (bicyclic) bond motifs is 1. The van der Waals surface area contributed by atoms with Crippen LogP contribution in [0.15, 0.2) is 79.0 Å². The summed E-state index contributed by atoms with van der Waals surface area (Å²) in [6, 6.07) is 21.7. The second-order valence-electron chi connectivity index (χ2n) is 7.10. The topological polar surface area (TPSA) is 53.4 Å². The molecule has 0 aliphatic heterocycles. The molecule has 0 spiro atoms. The molecule has 0 atom stereocenters. The van der Waals surface area contributed by atoms with Crippen LogP contribution in [0.3, 0.4) is 0 Å². The first-order valence-corrected chi connectivity index (χ1v) is 10.2. The van der Waals surface area contributed by atoms with E-state index in [1.165, 1.54) is 5.39 Å². The first-order valence-electron chi connectivity index (χ1n) is 10.2. The zero-order valence-corrected chi connectivity index (χ0v) is 17.6. The minimum absolute atomic E-state index is 0.0795. The highest BCUT2D eigenvalue weighted by atomic mass is 16.5. The van der Waals surface area contributed by atoms with Crippen LogP contribution >= 0.6 is 0 Å². The Bertz CT molecular complexity index is 1240. The highest BCUT2D eigenvalue weighted by Crippen LogP contribution is 2.25. The van der Waals surface area contributed by atoms with Gasteiger partial charge in [0.2, 0.25) is 5.78 Å². The number of hydrogen-bond donors (Lipinski definition) is 0. The molecule has 3 aromatic carbocycles. The number of ether oxygens (including phenoxy) is 2. The second kappa shape index (κ2) is 9.30. The third kappa shape index (κ3) is 4.67. The van der Waals surface area contributed by atoms with Gasteiger partial charge >= 0.3 is 0 Å². The fourth-order valence-corrected chi connectivity index (χ4v) is 3.48. The van der Waals surface area contributed by atoms with Crippen LogP contribution in [0, 0.1) is 0 Å². The maximum Gasteiger partial charge on any atom is 0.203 e. The maximum atomic E-state index is 12.5. The van der Waals surface area contributed by atoms with Crippen molar-refractivity contribution >= 4 is 22.6 Å². The van der Waals surface area contributed by atoms with Crippen molar-refractivity contribution in [3.63, 3.8) is 0 Å². The lowest BCUT2D eigenvalue weighted by Crippen LogP contribution is -2.07. The summed E-state index contributed by atoms with van der Waals surface area (Å²) in [7, 11) is 1.64. The van der Waals surface area contributed by atoms with Gasteiger partial charge in [-0.05, 0) is 59.7 Å². The molecular formula is C26H24N2O3. The summed E-state index contributed by atoms with van der Waals surface area (Å²) < 4.78 is 13.2. The molecule has 0 radical (unpaired) electrons. The number of benzene rings is 3. The minimum Gasteiger partial charge on any atom is -0.496 e. The van der Waals surface area contributed by atoms with Crippen LogP contribution in [0.5, 0.6) is 11.5 Å². The Morgan fingerprint density at radius 2 is 1.87 bits per heavy atom. The standard InChI is InChI=1S/C26H24N2O3/c1-3-28-24(14-15-27-28)25(29)12-8-19-9-13-26(30-2)22(16-19)18-31-23-11-10-20-6-4-5-7-21(20)17-23/h4-17H,3,18H2,1-2H3/b12-8+. The van der Waals surface area contributed by atoms with Gasteiger partial charge < -0.3 is 9.47 Å². The smallest absolute Gasteiger partial charge is 0.203 e. The van der Waals surface area contributed by atoms with Crippen LogP contribution < -0.4 is 9.47 Å². The number of ketones is 1. The molecule has 0 aliphatic rings. The van der Waals surface area contributed by atoms with Crippen LogP contribution in [0.1, 0.15) is 28.5 Å². The molecule has 0 amide bonds. The number of nitrogens with zero attached hydrogens (tertiary/aromatic N) is 2. The summed E-state index contributed by atoms with van der Waals surface area (Å²) in [5.41, 5.74) is 2.38. The van der Waals surface area contributed by atoms with Gasteiger partial charge in [0, 0.05) is 18.3 Å². The zero-order valence-electron chi connectivity index (χ0n) is 17.6. The Hall–Kier alpha value is -3.86. The molecule has 31 heavy (non-hydrogen) atoms. The quantitative estimate of drug-likeness (QED) is 0.282. The molecule has 0 saturated heterocycles. The van der Waals surface area contributed by atoms with E-state index in [4.69, 9.17) is 9.47 Å². The Kier molecular flexibility index (Phi) is 6.13. The summed E-state index contributed by atoms with van der Waals surface area (Å²) in [6.45, 7) is 2.97. The van der Waals surface area contributed by atoms with Gasteiger partial charge in [0.25, 0.3) is 0 Å². The molecule has 0 aliphatic carbocycles. The van der Waals surface area contributed by atoms with Gasteiger partial charge in [0.05, 0.1) is 7.11 Å². The van der Waals surface area contributed by atoms with Crippen molar-refractivity contribution in [1.29, 1.82) is 0 Å². The van der Waals surface area contributed by atoms with Gasteiger partial charge in [0.15, 0.2) is 0 Å². The molecule has 1 heterocycles. The third-order valence-electron chi connectivity index (χ3n) is 5.12. The molecule has 0 N–H and O–H groups in total. The van der Waals surface area contributed by atoms with E-state index in [2.05, 4.69) is 17.2 Å². The monoisotopic (exact) mass is 412 g/mol. The molecular weight excluding hydrogens is 388 g/mol. The molecule has 156 valence electrons. The van der Waals surface area contributed by atoms with Gasteiger partial charge in [-0.25, -0.2) is 0 Å². The Labute approximate surface area is 181 Å². The van der Waals surface area contributed by atoms with E-state index in [-0.39, 0.29) is 5.78 Å². The summed E-state index contributed by atoms with van der Waals surface area (Å²) >= 11 is 0. The number of allylic oxidation sites excluding steroid dienone is 1. The van der Waals surface area contributed by atoms with Gasteiger partial charge in [-0.1, -0.05) is 42.5 Å². The molecule has 1 aromatic heterocycles. The van der Waals surface area contributed by atoms with E-state index < -0.39 is 0 Å². The van der Waals surface area contributed by atoms with Crippen molar-refractivity contribution in [3.05, 3.63) is 95.8 Å². The minimum atomic E-state index is -0.0795. The van der Waals surface area contributed by atoms with Crippen molar-refractivity contribution in [3.8, 4) is 11.5 Å². The van der Waals surface area contributed by atoms with Gasteiger partial charge in [-0.15, -0.1) is 0 Å². The van der Waals surface area contributed by atoms with E-state index in [1.54, 1.807) is 36.2 Å². The van der Waals surface area contributed by atoms with Crippen LogP contribution in [0.25, 0.3) is 16.8 Å². The van der Waals surface area contributed by atoms with E-state index in [0.717, 1.165) is 28.0 Å². The van der Waals surface area contributed by atoms with E-state index in [1.807, 2.05) is 55.5 Å². The third-order valence-corrected chi connectivity index (χ3v) is 5.12. The lowest BCUT2D eigenvalue weighted by Gasteiger charge is -2.12. The fraction of sp³-hybridized carbons (Fsp3) is 0.154. The predicted octanol–water partition coefficient (Wildman–Crippen LogP) is 5.54. The highest BCUT2D eigenvalue weighted by molar-refractivity contribution is 6.05. The highest BCUT2D eigenvalue weighted by Gasteiger charge is 2.09. The van der Waals surface area contributed by atoms with E-state index in [9.17, 15) is 4.79 Å². The number of carbonyl (C=O) groups is 1. The molecule has 0 saturated carbocycles. The van der Waals surface area contributed by atoms with E-state index in [0.29, 0.717) is 18.8 Å². The summed E-state index contributed by atoms with van der Waals surface area (Å²) in [5, 5.41) is 6.46. The lowest BCUT2D eigenvalue weighted by molar-refractivity contribution is 0.103. The van der Waals surface area contributed by atoms with Crippen LogP contribution in [0.2, 0.25) is 0 Å². The summed E-state index contributed by atoms with van der Waals surface area (Å²) in [6.07, 6.45) is 5.01. The number of aromatic nitrogens is 2. The van der Waals surface area contributed by atoms with Gasteiger partial charge in [-0.3, -0.25) is 9.48 Å². The van der Waals surface area contributed by atoms with Gasteiger partial charge in [-0.2, -0.15) is 5.10 Å². The predicted molar refractivity (Wildman–Crippen MR) is 123 cm³/mol. The van der Waals surface area contributed by atoms with Crippen LogP contribution in [-0.4, -0.2) is 22.7 Å². The number of methoxy groups -OCH3 is 1. The molecule has 0 unspecified atom stereocenters. The molecule has 0 bridgehead atoms. The average molecular weight is 412 g/mol. The van der Waals surface area contributed by atoms with Crippen molar-refractivity contribution in [1.82, 2.24) is 9.78 Å². The van der Waals surface area contributed by atoms with Crippen LogP contribution in [0.4, 0.5) is 0 Å². The molecule has 4 rings (SSSR count). The van der Waals surface area contributed by atoms with Crippen molar-refractivity contribution in [2.75, 3.05) is 7.11 Å². The fourth-order valence-electron chi connectivity index (χ4n) is 3.48. The number of hydrogen-bond acceptors (Lipinski definition) is 4.